The van der Waals surface area contributed by atoms with Crippen molar-refractivity contribution < 1.29 is 9.18 Å². The molecule has 3 nitrogen and oxygen atoms in total. The lowest BCUT2D eigenvalue weighted by Crippen LogP contribution is -2.14. The second-order valence-corrected chi connectivity index (χ2v) is 4.59. The van der Waals surface area contributed by atoms with Gasteiger partial charge in [0.2, 0.25) is 0 Å². The number of benzene rings is 2. The van der Waals surface area contributed by atoms with Crippen LogP contribution in [0.1, 0.15) is 15.9 Å². The number of hydrogen-bond acceptors (Lipinski definition) is 2. The molecular formula is C14H8BrFN2O. The maximum Gasteiger partial charge on any atom is 0.258 e. The molecule has 5 heteroatoms. The van der Waals surface area contributed by atoms with E-state index >= 15 is 0 Å². The minimum Gasteiger partial charge on any atom is -0.321 e. The van der Waals surface area contributed by atoms with Crippen LogP contribution in [0, 0.1) is 17.1 Å². The summed E-state index contributed by atoms with van der Waals surface area (Å²) in [5.41, 5.74) is 0.918. The van der Waals surface area contributed by atoms with E-state index in [0.29, 0.717) is 15.7 Å². The highest BCUT2D eigenvalue weighted by molar-refractivity contribution is 9.10. The summed E-state index contributed by atoms with van der Waals surface area (Å²) in [7, 11) is 0. The monoisotopic (exact) mass is 318 g/mol. The van der Waals surface area contributed by atoms with Crippen molar-refractivity contribution in [3.8, 4) is 6.07 Å². The van der Waals surface area contributed by atoms with Crippen molar-refractivity contribution in [2.24, 2.45) is 0 Å². The smallest absolute Gasteiger partial charge is 0.258 e. The highest BCUT2D eigenvalue weighted by atomic mass is 79.9. The molecule has 0 aliphatic carbocycles. The Kier molecular flexibility index (Phi) is 3.93. The first-order chi connectivity index (χ1) is 9.11. The second kappa shape index (κ2) is 5.63. The number of nitrogens with zero attached hydrogens (tertiary/aromatic N) is 1. The zero-order valence-electron chi connectivity index (χ0n) is 9.65. The van der Waals surface area contributed by atoms with Gasteiger partial charge in [0, 0.05) is 4.47 Å². The lowest BCUT2D eigenvalue weighted by atomic mass is 10.2. The molecule has 2 aromatic carbocycles. The molecule has 0 fully saturated rings. The molecule has 0 atom stereocenters. The molecule has 0 aliphatic rings. The molecule has 2 rings (SSSR count). The van der Waals surface area contributed by atoms with Crippen molar-refractivity contribution in [1.82, 2.24) is 0 Å². The number of rotatable bonds is 2. The Bertz CT molecular complexity index is 679. The number of carbonyl (C=O) groups is 1. The summed E-state index contributed by atoms with van der Waals surface area (Å²) >= 11 is 3.25. The van der Waals surface area contributed by atoms with Crippen LogP contribution in [0.4, 0.5) is 10.1 Å². The van der Waals surface area contributed by atoms with Gasteiger partial charge in [0.05, 0.1) is 22.9 Å². The van der Waals surface area contributed by atoms with Crippen LogP contribution in [0.2, 0.25) is 0 Å². The standard InChI is InChI=1S/C14H8BrFN2O/c15-11-7-9(8-17)5-6-13(11)18-14(19)10-3-1-2-4-12(10)16/h1-7H,(H,18,19). The van der Waals surface area contributed by atoms with E-state index in [1.165, 1.54) is 18.2 Å². The Morgan fingerprint density at radius 1 is 1.26 bits per heavy atom. The fourth-order valence-corrected chi connectivity index (χ4v) is 2.00. The highest BCUT2D eigenvalue weighted by Gasteiger charge is 2.12. The van der Waals surface area contributed by atoms with Gasteiger partial charge in [0.15, 0.2) is 0 Å². The topological polar surface area (TPSA) is 52.9 Å². The minimum absolute atomic E-state index is 0.0289. The lowest BCUT2D eigenvalue weighted by molar-refractivity contribution is 0.102. The molecule has 0 heterocycles. The van der Waals surface area contributed by atoms with E-state index in [1.54, 1.807) is 24.3 Å². The molecule has 0 saturated heterocycles. The first kappa shape index (κ1) is 13.2. The summed E-state index contributed by atoms with van der Waals surface area (Å²) in [5, 5.41) is 11.3. The van der Waals surface area contributed by atoms with E-state index in [9.17, 15) is 9.18 Å². The molecule has 0 spiro atoms. The maximum atomic E-state index is 13.4. The zero-order valence-corrected chi connectivity index (χ0v) is 11.2. The van der Waals surface area contributed by atoms with Crippen molar-refractivity contribution in [1.29, 1.82) is 5.26 Å². The molecule has 1 N–H and O–H groups in total. The largest absolute Gasteiger partial charge is 0.321 e. The van der Waals surface area contributed by atoms with Crippen LogP contribution in [0.25, 0.3) is 0 Å². The number of nitrogens with one attached hydrogen (secondary N) is 1. The summed E-state index contributed by atoms with van der Waals surface area (Å²) < 4.78 is 14.0. The number of halogens is 2. The molecular weight excluding hydrogens is 311 g/mol. The molecule has 94 valence electrons. The van der Waals surface area contributed by atoms with Gasteiger partial charge in [0.1, 0.15) is 5.82 Å². The Balaban J connectivity index is 2.25. The Morgan fingerprint density at radius 2 is 2.00 bits per heavy atom. The van der Waals surface area contributed by atoms with E-state index in [1.807, 2.05) is 6.07 Å². The fraction of sp³-hybridized carbons (Fsp3) is 0. The van der Waals surface area contributed by atoms with Crippen LogP contribution in [0.3, 0.4) is 0 Å². The second-order valence-electron chi connectivity index (χ2n) is 3.74. The van der Waals surface area contributed by atoms with Gasteiger partial charge in [0.25, 0.3) is 5.91 Å². The quantitative estimate of drug-likeness (QED) is 0.917. The summed E-state index contributed by atoms with van der Waals surface area (Å²) in [6, 6.07) is 12.5. The summed E-state index contributed by atoms with van der Waals surface area (Å²) in [4.78, 5) is 11.9. The van der Waals surface area contributed by atoms with E-state index in [0.717, 1.165) is 0 Å². The normalized spacial score (nSPS) is 9.74. The number of nitriles is 1. The predicted octanol–water partition coefficient (Wildman–Crippen LogP) is 3.71. The van der Waals surface area contributed by atoms with Gasteiger partial charge in [-0.25, -0.2) is 4.39 Å². The lowest BCUT2D eigenvalue weighted by Gasteiger charge is -2.08. The molecule has 0 radical (unpaired) electrons. The Labute approximate surface area is 117 Å². The van der Waals surface area contributed by atoms with Crippen LogP contribution < -0.4 is 5.32 Å². The predicted molar refractivity (Wildman–Crippen MR) is 73.2 cm³/mol. The van der Waals surface area contributed by atoms with Gasteiger partial charge in [-0.3, -0.25) is 4.79 Å². The molecule has 1 amide bonds. The first-order valence-corrected chi connectivity index (χ1v) is 6.16. The van der Waals surface area contributed by atoms with Gasteiger partial charge < -0.3 is 5.32 Å². The van der Waals surface area contributed by atoms with Gasteiger partial charge >= 0.3 is 0 Å². The maximum absolute atomic E-state index is 13.4. The highest BCUT2D eigenvalue weighted by Crippen LogP contribution is 2.24. The third-order valence-electron chi connectivity index (χ3n) is 2.46. The van der Waals surface area contributed by atoms with E-state index < -0.39 is 11.7 Å². The van der Waals surface area contributed by atoms with Crippen LogP contribution in [-0.2, 0) is 0 Å². The molecule has 0 aliphatic heterocycles. The average molecular weight is 319 g/mol. The van der Waals surface area contributed by atoms with Crippen LogP contribution in [0.5, 0.6) is 0 Å². The summed E-state index contributed by atoms with van der Waals surface area (Å²) in [5.74, 6) is -1.12. The SMILES string of the molecule is N#Cc1ccc(NC(=O)c2ccccc2F)c(Br)c1. The molecule has 0 saturated carbocycles. The molecule has 0 bridgehead atoms. The Hall–Kier alpha value is -2.19. The van der Waals surface area contributed by atoms with Crippen molar-refractivity contribution >= 4 is 27.5 Å². The molecule has 19 heavy (non-hydrogen) atoms. The fourth-order valence-electron chi connectivity index (χ4n) is 1.52. The van der Waals surface area contributed by atoms with E-state index in [-0.39, 0.29) is 5.56 Å². The van der Waals surface area contributed by atoms with Crippen molar-refractivity contribution in [2.75, 3.05) is 5.32 Å². The number of amides is 1. The molecule has 0 aromatic heterocycles. The number of anilines is 1. The third-order valence-corrected chi connectivity index (χ3v) is 3.12. The first-order valence-electron chi connectivity index (χ1n) is 5.37. The summed E-state index contributed by atoms with van der Waals surface area (Å²) in [6.07, 6.45) is 0. The van der Waals surface area contributed by atoms with Crippen molar-refractivity contribution in [2.45, 2.75) is 0 Å². The van der Waals surface area contributed by atoms with Crippen molar-refractivity contribution in [3.05, 3.63) is 63.9 Å². The van der Waals surface area contributed by atoms with Gasteiger partial charge in [-0.2, -0.15) is 5.26 Å². The van der Waals surface area contributed by atoms with E-state index in [2.05, 4.69) is 21.2 Å². The Morgan fingerprint density at radius 3 is 2.63 bits per heavy atom. The number of hydrogen-bond donors (Lipinski definition) is 1. The summed E-state index contributed by atoms with van der Waals surface area (Å²) in [6.45, 7) is 0. The zero-order chi connectivity index (χ0) is 13.8. The van der Waals surface area contributed by atoms with Gasteiger partial charge in [-0.15, -0.1) is 0 Å². The molecule has 2 aromatic rings. The average Bonchev–Trinajstić information content (AvgIpc) is 2.41. The van der Waals surface area contributed by atoms with Crippen LogP contribution in [0.15, 0.2) is 46.9 Å². The van der Waals surface area contributed by atoms with Crippen molar-refractivity contribution in [3.63, 3.8) is 0 Å². The van der Waals surface area contributed by atoms with Crippen LogP contribution >= 0.6 is 15.9 Å². The minimum atomic E-state index is -0.579. The number of carbonyl (C=O) groups excluding carboxylic acids is 1. The third kappa shape index (κ3) is 2.98. The van der Waals surface area contributed by atoms with Gasteiger partial charge in [-0.1, -0.05) is 12.1 Å². The van der Waals surface area contributed by atoms with Crippen LogP contribution in [-0.4, -0.2) is 5.91 Å². The van der Waals surface area contributed by atoms with Gasteiger partial charge in [-0.05, 0) is 46.3 Å². The molecule has 0 unspecified atom stereocenters. The van der Waals surface area contributed by atoms with E-state index in [4.69, 9.17) is 5.26 Å².